The Labute approximate surface area is 124 Å². The number of benzene rings is 1. The van der Waals surface area contributed by atoms with Crippen LogP contribution in [-0.4, -0.2) is 44.5 Å². The van der Waals surface area contributed by atoms with E-state index in [4.69, 9.17) is 0 Å². The van der Waals surface area contributed by atoms with Crippen molar-refractivity contribution in [2.45, 2.75) is 20.3 Å². The first-order valence-electron chi connectivity index (χ1n) is 6.28. The molecule has 0 saturated heterocycles. The summed E-state index contributed by atoms with van der Waals surface area (Å²) < 4.78 is 32.2. The Hall–Kier alpha value is -1.80. The molecule has 0 bridgehead atoms. The van der Waals surface area contributed by atoms with Gasteiger partial charge in [0.05, 0.1) is 19.2 Å². The lowest BCUT2D eigenvalue weighted by Gasteiger charge is -2.19. The van der Waals surface area contributed by atoms with Gasteiger partial charge in [0.25, 0.3) is 0 Å². The molecule has 0 aliphatic heterocycles. The van der Waals surface area contributed by atoms with Gasteiger partial charge in [-0.25, -0.2) is 0 Å². The third kappa shape index (κ3) is 4.61. The van der Waals surface area contributed by atoms with Gasteiger partial charge in [0.15, 0.2) is 0 Å². The van der Waals surface area contributed by atoms with Crippen molar-refractivity contribution in [1.29, 1.82) is 0 Å². The number of rotatable bonds is 6. The summed E-state index contributed by atoms with van der Waals surface area (Å²) in [6.07, 6.45) is -0.0263. The van der Waals surface area contributed by atoms with E-state index in [1.807, 2.05) is 0 Å². The maximum absolute atomic E-state index is 12.1. The first-order chi connectivity index (χ1) is 9.67. The molecular weight excluding hydrogens is 296 g/mol. The zero-order valence-electron chi connectivity index (χ0n) is 12.5. The van der Waals surface area contributed by atoms with Crippen molar-refractivity contribution < 1.29 is 23.1 Å². The fourth-order valence-electron chi connectivity index (χ4n) is 1.60. The van der Waals surface area contributed by atoms with Crippen molar-refractivity contribution >= 4 is 21.9 Å². The van der Waals surface area contributed by atoms with Crippen molar-refractivity contribution in [3.8, 4) is 5.75 Å². The number of carbonyl (C=O) groups excluding carboxylic acids is 1. The fraction of sp³-hybridized carbons (Fsp3) is 0.462. The van der Waals surface area contributed by atoms with Crippen LogP contribution in [0.25, 0.3) is 0 Å². The molecule has 0 spiro atoms. The molecule has 1 aromatic carbocycles. The number of aryl methyl sites for hydroxylation is 2. The van der Waals surface area contributed by atoms with Gasteiger partial charge in [-0.3, -0.25) is 9.52 Å². The van der Waals surface area contributed by atoms with Crippen LogP contribution < -0.4 is 4.72 Å². The molecule has 0 aromatic heterocycles. The molecular formula is C13H20N2O5S. The zero-order valence-corrected chi connectivity index (χ0v) is 13.3. The lowest BCUT2D eigenvalue weighted by atomic mass is 10.1. The molecule has 0 radical (unpaired) electrons. The maximum atomic E-state index is 12.1. The summed E-state index contributed by atoms with van der Waals surface area (Å²) in [5.74, 6) is -0.372. The maximum Gasteiger partial charge on any atom is 0.306 e. The Morgan fingerprint density at radius 1 is 1.33 bits per heavy atom. The molecule has 0 amide bonds. The van der Waals surface area contributed by atoms with E-state index in [2.05, 4.69) is 9.46 Å². The van der Waals surface area contributed by atoms with Crippen LogP contribution in [0.5, 0.6) is 5.75 Å². The smallest absolute Gasteiger partial charge is 0.306 e. The second kappa shape index (κ2) is 6.77. The van der Waals surface area contributed by atoms with Crippen molar-refractivity contribution in [3.63, 3.8) is 0 Å². The number of methoxy groups -OCH3 is 1. The molecule has 0 saturated carbocycles. The molecule has 1 aromatic rings. The highest BCUT2D eigenvalue weighted by molar-refractivity contribution is 7.90. The van der Waals surface area contributed by atoms with Crippen LogP contribution in [0.2, 0.25) is 0 Å². The molecule has 0 heterocycles. The van der Waals surface area contributed by atoms with Crippen LogP contribution in [0, 0.1) is 13.8 Å². The predicted octanol–water partition coefficient (Wildman–Crippen LogP) is 1.16. The largest absolute Gasteiger partial charge is 0.508 e. The number of hydrogen-bond acceptors (Lipinski definition) is 5. The van der Waals surface area contributed by atoms with Gasteiger partial charge in [0.1, 0.15) is 5.75 Å². The number of nitrogens with one attached hydrogen (secondary N) is 1. The first-order valence-corrected chi connectivity index (χ1v) is 7.72. The fourth-order valence-corrected chi connectivity index (χ4v) is 2.58. The molecule has 1 rings (SSSR count). The van der Waals surface area contributed by atoms with Crippen molar-refractivity contribution in [2.24, 2.45) is 0 Å². The number of hydrogen-bond donors (Lipinski definition) is 2. The van der Waals surface area contributed by atoms with Gasteiger partial charge in [0, 0.05) is 13.6 Å². The van der Waals surface area contributed by atoms with Gasteiger partial charge in [-0.1, -0.05) is 0 Å². The van der Waals surface area contributed by atoms with Crippen LogP contribution in [0.3, 0.4) is 0 Å². The average Bonchev–Trinajstić information content (AvgIpc) is 2.41. The number of carbonyl (C=O) groups is 1. The summed E-state index contributed by atoms with van der Waals surface area (Å²) in [7, 11) is -1.16. The number of esters is 1. The number of phenolic OH excluding ortho intramolecular Hbond substituents is 1. The highest BCUT2D eigenvalue weighted by Gasteiger charge is 2.20. The highest BCUT2D eigenvalue weighted by Crippen LogP contribution is 2.26. The minimum atomic E-state index is -3.78. The third-order valence-corrected chi connectivity index (χ3v) is 4.53. The molecule has 21 heavy (non-hydrogen) atoms. The molecule has 8 heteroatoms. The van der Waals surface area contributed by atoms with E-state index in [9.17, 15) is 18.3 Å². The summed E-state index contributed by atoms with van der Waals surface area (Å²) in [6.45, 7) is 3.37. The molecule has 0 fully saturated rings. The van der Waals surface area contributed by atoms with E-state index < -0.39 is 16.2 Å². The molecule has 118 valence electrons. The predicted molar refractivity (Wildman–Crippen MR) is 79.4 cm³/mol. The van der Waals surface area contributed by atoms with E-state index in [0.29, 0.717) is 16.8 Å². The molecule has 0 unspecified atom stereocenters. The molecule has 7 nitrogen and oxygen atoms in total. The zero-order chi connectivity index (χ0) is 16.2. The summed E-state index contributed by atoms with van der Waals surface area (Å²) >= 11 is 0. The number of phenols is 1. The number of anilines is 1. The lowest BCUT2D eigenvalue weighted by molar-refractivity contribution is -0.140. The SMILES string of the molecule is COC(=O)CCN(C)S(=O)(=O)Nc1cc(C)c(O)cc1C. The summed E-state index contributed by atoms with van der Waals surface area (Å²) in [4.78, 5) is 11.0. The molecule has 0 aliphatic rings. The molecule has 2 N–H and O–H groups in total. The quantitative estimate of drug-likeness (QED) is 0.606. The van der Waals surface area contributed by atoms with E-state index >= 15 is 0 Å². The van der Waals surface area contributed by atoms with E-state index in [1.54, 1.807) is 19.9 Å². The Balaban J connectivity index is 2.85. The monoisotopic (exact) mass is 316 g/mol. The van der Waals surface area contributed by atoms with Crippen LogP contribution in [-0.2, 0) is 19.7 Å². The summed E-state index contributed by atoms with van der Waals surface area (Å²) in [6, 6.07) is 3.04. The van der Waals surface area contributed by atoms with Crippen molar-refractivity contribution in [1.82, 2.24) is 4.31 Å². The minimum Gasteiger partial charge on any atom is -0.508 e. The van der Waals surface area contributed by atoms with Crippen molar-refractivity contribution in [2.75, 3.05) is 25.4 Å². The summed E-state index contributed by atoms with van der Waals surface area (Å²) in [5.41, 5.74) is 1.55. The van der Waals surface area contributed by atoms with Crippen LogP contribution in [0.4, 0.5) is 5.69 Å². The van der Waals surface area contributed by atoms with E-state index in [0.717, 1.165) is 4.31 Å². The Kier molecular flexibility index (Phi) is 5.56. The van der Waals surface area contributed by atoms with Gasteiger partial charge < -0.3 is 9.84 Å². The van der Waals surface area contributed by atoms with Crippen LogP contribution in [0.1, 0.15) is 17.5 Å². The minimum absolute atomic E-state index is 0.0120. The first kappa shape index (κ1) is 17.3. The Bertz CT molecular complexity index is 628. The average molecular weight is 316 g/mol. The second-order valence-corrected chi connectivity index (χ2v) is 6.49. The van der Waals surface area contributed by atoms with Gasteiger partial charge >= 0.3 is 16.2 Å². The lowest BCUT2D eigenvalue weighted by Crippen LogP contribution is -2.34. The van der Waals surface area contributed by atoms with Gasteiger partial charge in [-0.05, 0) is 37.1 Å². The standard InChI is InChI=1S/C13H20N2O5S/c1-9-8-12(16)10(2)7-11(9)14-21(18,19)15(3)6-5-13(17)20-4/h7-8,14,16H,5-6H2,1-4H3. The number of nitrogens with zero attached hydrogens (tertiary/aromatic N) is 1. The summed E-state index contributed by atoms with van der Waals surface area (Å²) in [5, 5.41) is 9.57. The Morgan fingerprint density at radius 2 is 1.95 bits per heavy atom. The van der Waals surface area contributed by atoms with Crippen molar-refractivity contribution in [3.05, 3.63) is 23.3 Å². The molecule has 0 aliphatic carbocycles. The third-order valence-electron chi connectivity index (χ3n) is 3.05. The van der Waals surface area contributed by atoms with Gasteiger partial charge in [-0.2, -0.15) is 12.7 Å². The topological polar surface area (TPSA) is 95.9 Å². The van der Waals surface area contributed by atoms with E-state index in [-0.39, 0.29) is 18.7 Å². The Morgan fingerprint density at radius 3 is 2.52 bits per heavy atom. The van der Waals surface area contributed by atoms with Gasteiger partial charge in [0.2, 0.25) is 0 Å². The number of ether oxygens (including phenoxy) is 1. The van der Waals surface area contributed by atoms with E-state index in [1.165, 1.54) is 20.2 Å². The van der Waals surface area contributed by atoms with Crippen LogP contribution >= 0.6 is 0 Å². The normalized spacial score (nSPS) is 11.5. The van der Waals surface area contributed by atoms with Crippen LogP contribution in [0.15, 0.2) is 12.1 Å². The molecule has 0 atom stereocenters. The van der Waals surface area contributed by atoms with Gasteiger partial charge in [-0.15, -0.1) is 0 Å². The highest BCUT2D eigenvalue weighted by atomic mass is 32.2. The number of aromatic hydroxyl groups is 1. The second-order valence-electron chi connectivity index (χ2n) is 4.71.